The van der Waals surface area contributed by atoms with E-state index in [2.05, 4.69) is 21.6 Å². The second-order valence-electron chi connectivity index (χ2n) is 7.14. The van der Waals surface area contributed by atoms with Gasteiger partial charge in [-0.1, -0.05) is 24.3 Å². The van der Waals surface area contributed by atoms with Crippen LogP contribution in [-0.2, 0) is 13.1 Å². The summed E-state index contributed by atoms with van der Waals surface area (Å²) in [6.45, 7) is 5.39. The van der Waals surface area contributed by atoms with E-state index < -0.39 is 0 Å². The third-order valence-electron chi connectivity index (χ3n) is 4.74. The van der Waals surface area contributed by atoms with Gasteiger partial charge in [0.1, 0.15) is 0 Å². The molecule has 0 saturated carbocycles. The molecule has 29 heavy (non-hydrogen) atoms. The highest BCUT2D eigenvalue weighted by molar-refractivity contribution is 6.04. The number of carbonyl (C=O) groups excluding carboxylic acids is 1. The Morgan fingerprint density at radius 2 is 1.79 bits per heavy atom. The average Bonchev–Trinajstić information content (AvgIpc) is 3.32. The van der Waals surface area contributed by atoms with E-state index in [0.29, 0.717) is 18.7 Å². The fraction of sp³-hybridized carbons (Fsp3) is 0.174. The lowest BCUT2D eigenvalue weighted by atomic mass is 10.1. The molecule has 2 aromatic carbocycles. The summed E-state index contributed by atoms with van der Waals surface area (Å²) in [6.07, 6.45) is 3.67. The summed E-state index contributed by atoms with van der Waals surface area (Å²) in [4.78, 5) is 12.6. The molecule has 0 aliphatic heterocycles. The number of aryl methyl sites for hydroxylation is 2. The second kappa shape index (κ2) is 8.14. The van der Waals surface area contributed by atoms with Crippen molar-refractivity contribution in [3.63, 3.8) is 0 Å². The van der Waals surface area contributed by atoms with Crippen molar-refractivity contribution < 1.29 is 4.79 Å². The third kappa shape index (κ3) is 4.60. The Balaban J connectivity index is 1.41. The molecule has 1 N–H and O–H groups in total. The molecule has 6 heteroatoms. The van der Waals surface area contributed by atoms with Crippen LogP contribution in [0.4, 0.5) is 5.69 Å². The summed E-state index contributed by atoms with van der Waals surface area (Å²) in [5.74, 6) is -0.126. The molecule has 2 aromatic heterocycles. The molecule has 0 fully saturated rings. The molecule has 0 bridgehead atoms. The Bertz CT molecular complexity index is 1110. The summed E-state index contributed by atoms with van der Waals surface area (Å²) in [5.41, 5.74) is 5.71. The van der Waals surface area contributed by atoms with Gasteiger partial charge in [-0.3, -0.25) is 14.2 Å². The third-order valence-corrected chi connectivity index (χ3v) is 4.74. The van der Waals surface area contributed by atoms with Gasteiger partial charge in [-0.15, -0.1) is 0 Å². The minimum absolute atomic E-state index is 0.126. The molecule has 0 aliphatic carbocycles. The zero-order valence-electron chi connectivity index (χ0n) is 16.5. The van der Waals surface area contributed by atoms with E-state index in [9.17, 15) is 4.79 Å². The monoisotopic (exact) mass is 385 g/mol. The minimum atomic E-state index is -0.126. The van der Waals surface area contributed by atoms with Crippen LogP contribution in [-0.4, -0.2) is 25.5 Å². The Morgan fingerprint density at radius 3 is 2.48 bits per heavy atom. The number of nitrogens with zero attached hydrogens (tertiary/aromatic N) is 4. The lowest BCUT2D eigenvalue weighted by Crippen LogP contribution is -2.12. The molecule has 0 spiro atoms. The van der Waals surface area contributed by atoms with Crippen LogP contribution >= 0.6 is 0 Å². The molecule has 146 valence electrons. The Hall–Kier alpha value is -3.67. The van der Waals surface area contributed by atoms with Gasteiger partial charge in [0.25, 0.3) is 5.91 Å². The van der Waals surface area contributed by atoms with E-state index in [1.165, 1.54) is 0 Å². The van der Waals surface area contributed by atoms with E-state index in [1.807, 2.05) is 84.0 Å². The number of carbonyl (C=O) groups is 1. The van der Waals surface area contributed by atoms with Crippen molar-refractivity contribution in [3.05, 3.63) is 101 Å². The zero-order valence-corrected chi connectivity index (χ0v) is 16.5. The van der Waals surface area contributed by atoms with Gasteiger partial charge in [-0.2, -0.15) is 10.2 Å². The minimum Gasteiger partial charge on any atom is -0.322 e. The van der Waals surface area contributed by atoms with Crippen LogP contribution in [0.15, 0.2) is 73.1 Å². The van der Waals surface area contributed by atoms with E-state index in [0.717, 1.165) is 28.2 Å². The van der Waals surface area contributed by atoms with Crippen molar-refractivity contribution in [2.75, 3.05) is 5.32 Å². The SMILES string of the molecule is Cc1cc(C)n(Cc2ccc(C(=O)Nc3cccc(Cn4cccn4)c3)cc2)n1. The van der Waals surface area contributed by atoms with Gasteiger partial charge in [0.2, 0.25) is 0 Å². The second-order valence-corrected chi connectivity index (χ2v) is 7.14. The summed E-state index contributed by atoms with van der Waals surface area (Å²) in [6, 6.07) is 19.4. The number of rotatable bonds is 6. The molecular weight excluding hydrogens is 362 g/mol. The maximum Gasteiger partial charge on any atom is 0.255 e. The highest BCUT2D eigenvalue weighted by atomic mass is 16.1. The highest BCUT2D eigenvalue weighted by Gasteiger charge is 2.08. The van der Waals surface area contributed by atoms with Crippen molar-refractivity contribution in [2.45, 2.75) is 26.9 Å². The number of hydrogen-bond donors (Lipinski definition) is 1. The first-order valence-corrected chi connectivity index (χ1v) is 9.54. The first-order valence-electron chi connectivity index (χ1n) is 9.54. The van der Waals surface area contributed by atoms with Gasteiger partial charge in [0, 0.05) is 29.3 Å². The van der Waals surface area contributed by atoms with E-state index in [4.69, 9.17) is 0 Å². The van der Waals surface area contributed by atoms with Crippen molar-refractivity contribution in [1.29, 1.82) is 0 Å². The van der Waals surface area contributed by atoms with Crippen LogP contribution < -0.4 is 5.32 Å². The van der Waals surface area contributed by atoms with Crippen LogP contribution in [0.25, 0.3) is 0 Å². The zero-order chi connectivity index (χ0) is 20.2. The molecule has 4 rings (SSSR count). The Kier molecular flexibility index (Phi) is 5.24. The quantitative estimate of drug-likeness (QED) is 0.545. The average molecular weight is 385 g/mol. The van der Waals surface area contributed by atoms with Gasteiger partial charge in [-0.25, -0.2) is 0 Å². The first kappa shape index (κ1) is 18.7. The fourth-order valence-electron chi connectivity index (χ4n) is 3.30. The van der Waals surface area contributed by atoms with Crippen molar-refractivity contribution in [1.82, 2.24) is 19.6 Å². The molecule has 4 aromatic rings. The molecule has 0 saturated heterocycles. The maximum atomic E-state index is 12.6. The first-order chi connectivity index (χ1) is 14.1. The fourth-order valence-corrected chi connectivity index (χ4v) is 3.30. The summed E-state index contributed by atoms with van der Waals surface area (Å²) >= 11 is 0. The molecule has 2 heterocycles. The Labute approximate surface area is 169 Å². The van der Waals surface area contributed by atoms with Gasteiger partial charge < -0.3 is 5.32 Å². The van der Waals surface area contributed by atoms with Gasteiger partial charge in [-0.05, 0) is 61.4 Å². The normalized spacial score (nSPS) is 10.8. The lowest BCUT2D eigenvalue weighted by molar-refractivity contribution is 0.102. The number of hydrogen-bond acceptors (Lipinski definition) is 3. The summed E-state index contributed by atoms with van der Waals surface area (Å²) in [7, 11) is 0. The van der Waals surface area contributed by atoms with E-state index >= 15 is 0 Å². The molecule has 0 atom stereocenters. The van der Waals surface area contributed by atoms with Crippen molar-refractivity contribution in [2.24, 2.45) is 0 Å². The Morgan fingerprint density at radius 1 is 0.966 bits per heavy atom. The van der Waals surface area contributed by atoms with Crippen molar-refractivity contribution in [3.8, 4) is 0 Å². The molecule has 0 unspecified atom stereocenters. The number of anilines is 1. The van der Waals surface area contributed by atoms with E-state index in [-0.39, 0.29) is 5.91 Å². The number of nitrogens with one attached hydrogen (secondary N) is 1. The number of aromatic nitrogens is 4. The smallest absolute Gasteiger partial charge is 0.255 e. The highest BCUT2D eigenvalue weighted by Crippen LogP contribution is 2.14. The number of amides is 1. The predicted molar refractivity (Wildman–Crippen MR) is 113 cm³/mol. The van der Waals surface area contributed by atoms with Crippen LogP contribution in [0, 0.1) is 13.8 Å². The standard InChI is InChI=1S/C23H23N5O/c1-17-13-18(2)28(26-17)16-19-7-9-21(10-8-19)23(29)25-22-6-3-5-20(14-22)15-27-12-4-11-24-27/h3-14H,15-16H2,1-2H3,(H,25,29). The molecule has 1 amide bonds. The van der Waals surface area contributed by atoms with Crippen LogP contribution in [0.2, 0.25) is 0 Å². The van der Waals surface area contributed by atoms with Crippen LogP contribution in [0.5, 0.6) is 0 Å². The van der Waals surface area contributed by atoms with Gasteiger partial charge >= 0.3 is 0 Å². The maximum absolute atomic E-state index is 12.6. The van der Waals surface area contributed by atoms with E-state index in [1.54, 1.807) is 6.20 Å². The lowest BCUT2D eigenvalue weighted by Gasteiger charge is -2.09. The summed E-state index contributed by atoms with van der Waals surface area (Å²) < 4.78 is 3.82. The van der Waals surface area contributed by atoms with Crippen molar-refractivity contribution >= 4 is 11.6 Å². The summed E-state index contributed by atoms with van der Waals surface area (Å²) in [5, 5.41) is 11.7. The van der Waals surface area contributed by atoms with Gasteiger partial charge in [0.15, 0.2) is 0 Å². The molecule has 6 nitrogen and oxygen atoms in total. The number of benzene rings is 2. The van der Waals surface area contributed by atoms with Gasteiger partial charge in [0.05, 0.1) is 18.8 Å². The topological polar surface area (TPSA) is 64.7 Å². The largest absolute Gasteiger partial charge is 0.322 e. The van der Waals surface area contributed by atoms with Crippen LogP contribution in [0.1, 0.15) is 32.9 Å². The molecule has 0 aliphatic rings. The molecular formula is C23H23N5O. The van der Waals surface area contributed by atoms with Crippen LogP contribution in [0.3, 0.4) is 0 Å². The molecule has 0 radical (unpaired) electrons. The predicted octanol–water partition coefficient (Wildman–Crippen LogP) is 4.05.